The quantitative estimate of drug-likeness (QED) is 0.881. The number of anilines is 1. The second-order valence-corrected chi connectivity index (χ2v) is 4.38. The molecule has 0 amide bonds. The summed E-state index contributed by atoms with van der Waals surface area (Å²) in [4.78, 5) is 8.31. The zero-order valence-electron chi connectivity index (χ0n) is 8.32. The number of nitrogens with one attached hydrogen (secondary N) is 1. The summed E-state index contributed by atoms with van der Waals surface area (Å²) in [6, 6.07) is 7.53. The molecule has 0 aliphatic heterocycles. The van der Waals surface area contributed by atoms with Crippen LogP contribution in [0.25, 0.3) is 0 Å². The molecule has 2 rings (SSSR count). The van der Waals surface area contributed by atoms with E-state index in [1.165, 1.54) is 0 Å². The molecule has 1 N–H and O–H groups in total. The van der Waals surface area contributed by atoms with Crippen LogP contribution in [0.5, 0.6) is 0 Å². The predicted octanol–water partition coefficient (Wildman–Crippen LogP) is 3.50. The van der Waals surface area contributed by atoms with Crippen LogP contribution in [0.1, 0.15) is 5.69 Å². The zero-order chi connectivity index (χ0) is 11.4. The highest BCUT2D eigenvalue weighted by atomic mass is 79.9. The lowest BCUT2D eigenvalue weighted by Gasteiger charge is -2.07. The second kappa shape index (κ2) is 5.27. The zero-order valence-corrected chi connectivity index (χ0v) is 10.7. The first-order valence-corrected chi connectivity index (χ1v) is 5.87. The van der Waals surface area contributed by atoms with Crippen molar-refractivity contribution in [2.24, 2.45) is 0 Å². The Bertz CT molecular complexity index is 490. The maximum atomic E-state index is 5.99. The summed E-state index contributed by atoms with van der Waals surface area (Å²) >= 11 is 9.32. The normalized spacial score (nSPS) is 10.1. The molecule has 0 bridgehead atoms. The Kier molecular flexibility index (Phi) is 3.74. The fourth-order valence-electron chi connectivity index (χ4n) is 1.24. The first-order valence-electron chi connectivity index (χ1n) is 4.70. The van der Waals surface area contributed by atoms with E-state index in [1.54, 1.807) is 18.5 Å². The highest BCUT2D eigenvalue weighted by Gasteiger charge is 2.00. The van der Waals surface area contributed by atoms with Gasteiger partial charge in [0, 0.05) is 6.20 Å². The van der Waals surface area contributed by atoms with E-state index in [0.717, 1.165) is 16.0 Å². The molecule has 0 spiro atoms. The molecule has 3 nitrogen and oxygen atoms in total. The van der Waals surface area contributed by atoms with Gasteiger partial charge in [0.05, 0.1) is 29.1 Å². The van der Waals surface area contributed by atoms with Crippen molar-refractivity contribution in [3.63, 3.8) is 0 Å². The Morgan fingerprint density at radius 1 is 1.31 bits per heavy atom. The monoisotopic (exact) mass is 297 g/mol. The number of hydrogen-bond donors (Lipinski definition) is 1. The molecule has 2 heterocycles. The molecule has 0 radical (unpaired) electrons. The van der Waals surface area contributed by atoms with Crippen molar-refractivity contribution in [2.75, 3.05) is 5.32 Å². The third-order valence-corrected chi connectivity index (χ3v) is 2.77. The Morgan fingerprint density at radius 2 is 2.19 bits per heavy atom. The molecule has 0 aromatic carbocycles. The average Bonchev–Trinajstić information content (AvgIpc) is 2.28. The van der Waals surface area contributed by atoms with Crippen molar-refractivity contribution in [1.82, 2.24) is 9.97 Å². The maximum Gasteiger partial charge on any atom is 0.106 e. The van der Waals surface area contributed by atoms with Crippen molar-refractivity contribution in [3.8, 4) is 0 Å². The van der Waals surface area contributed by atoms with Gasteiger partial charge in [-0.1, -0.05) is 17.7 Å². The van der Waals surface area contributed by atoms with Crippen LogP contribution < -0.4 is 5.32 Å². The van der Waals surface area contributed by atoms with Crippen molar-refractivity contribution < 1.29 is 0 Å². The molecular formula is C11H9BrClN3. The van der Waals surface area contributed by atoms with Crippen LogP contribution >= 0.6 is 27.5 Å². The number of pyridine rings is 2. The van der Waals surface area contributed by atoms with Gasteiger partial charge in [-0.25, -0.2) is 4.98 Å². The number of halogens is 2. The minimum Gasteiger partial charge on any atom is -0.377 e. The van der Waals surface area contributed by atoms with E-state index in [4.69, 9.17) is 11.6 Å². The lowest BCUT2D eigenvalue weighted by molar-refractivity contribution is 1.03. The number of rotatable bonds is 3. The maximum absolute atomic E-state index is 5.99. The SMILES string of the molecule is Clc1ccncc1NCc1cccc(Br)n1. The van der Waals surface area contributed by atoms with Crippen LogP contribution in [0.3, 0.4) is 0 Å². The summed E-state index contributed by atoms with van der Waals surface area (Å²) < 4.78 is 0.823. The molecule has 0 fully saturated rings. The fraction of sp³-hybridized carbons (Fsp3) is 0.0909. The highest BCUT2D eigenvalue weighted by Crippen LogP contribution is 2.19. The molecule has 0 aliphatic carbocycles. The van der Waals surface area contributed by atoms with Crippen molar-refractivity contribution >= 4 is 33.2 Å². The van der Waals surface area contributed by atoms with E-state index < -0.39 is 0 Å². The molecule has 0 unspecified atom stereocenters. The summed E-state index contributed by atoms with van der Waals surface area (Å²) in [7, 11) is 0. The van der Waals surface area contributed by atoms with Gasteiger partial charge in [0.25, 0.3) is 0 Å². The molecule has 16 heavy (non-hydrogen) atoms. The Hall–Kier alpha value is -1.13. The van der Waals surface area contributed by atoms with Crippen LogP contribution in [0.15, 0.2) is 41.3 Å². The molecule has 5 heteroatoms. The first kappa shape index (κ1) is 11.4. The van der Waals surface area contributed by atoms with Crippen LogP contribution in [-0.4, -0.2) is 9.97 Å². The van der Waals surface area contributed by atoms with Crippen LogP contribution in [-0.2, 0) is 6.54 Å². The van der Waals surface area contributed by atoms with Crippen LogP contribution in [0, 0.1) is 0 Å². The first-order chi connectivity index (χ1) is 7.75. The molecule has 0 atom stereocenters. The second-order valence-electron chi connectivity index (χ2n) is 3.16. The number of aromatic nitrogens is 2. The van der Waals surface area contributed by atoms with Gasteiger partial charge >= 0.3 is 0 Å². The van der Waals surface area contributed by atoms with E-state index in [2.05, 4.69) is 31.2 Å². The van der Waals surface area contributed by atoms with E-state index in [0.29, 0.717) is 11.6 Å². The van der Waals surface area contributed by atoms with E-state index >= 15 is 0 Å². The molecule has 2 aromatic heterocycles. The summed E-state index contributed by atoms with van der Waals surface area (Å²) in [5.41, 5.74) is 1.75. The third-order valence-electron chi connectivity index (χ3n) is 2.00. The molecule has 0 saturated heterocycles. The summed E-state index contributed by atoms with van der Waals surface area (Å²) in [6.07, 6.45) is 3.35. The van der Waals surface area contributed by atoms with Gasteiger partial charge in [-0.3, -0.25) is 4.98 Å². The van der Waals surface area contributed by atoms with Crippen molar-refractivity contribution in [2.45, 2.75) is 6.54 Å². The lowest BCUT2D eigenvalue weighted by atomic mass is 10.3. The highest BCUT2D eigenvalue weighted by molar-refractivity contribution is 9.10. The smallest absolute Gasteiger partial charge is 0.106 e. The number of nitrogens with zero attached hydrogens (tertiary/aromatic N) is 2. The van der Waals surface area contributed by atoms with Gasteiger partial charge < -0.3 is 5.32 Å². The van der Waals surface area contributed by atoms with E-state index in [9.17, 15) is 0 Å². The molecule has 0 saturated carbocycles. The van der Waals surface area contributed by atoms with E-state index in [1.807, 2.05) is 18.2 Å². The summed E-state index contributed by atoms with van der Waals surface area (Å²) in [5, 5.41) is 3.84. The minimum absolute atomic E-state index is 0.616. The third kappa shape index (κ3) is 2.93. The largest absolute Gasteiger partial charge is 0.377 e. The van der Waals surface area contributed by atoms with Gasteiger partial charge in [0.2, 0.25) is 0 Å². The van der Waals surface area contributed by atoms with Crippen LogP contribution in [0.2, 0.25) is 5.02 Å². The van der Waals surface area contributed by atoms with E-state index in [-0.39, 0.29) is 0 Å². The molecule has 0 aliphatic rings. The Labute approximate surface area is 107 Å². The molecule has 82 valence electrons. The topological polar surface area (TPSA) is 37.8 Å². The van der Waals surface area contributed by atoms with Gasteiger partial charge in [0.1, 0.15) is 4.60 Å². The van der Waals surface area contributed by atoms with Crippen molar-refractivity contribution in [1.29, 1.82) is 0 Å². The predicted molar refractivity (Wildman–Crippen MR) is 68.5 cm³/mol. The van der Waals surface area contributed by atoms with Gasteiger partial charge in [-0.15, -0.1) is 0 Å². The standard InChI is InChI=1S/C11H9BrClN3/c12-11-3-1-2-8(16-11)6-15-10-7-14-5-4-9(10)13/h1-5,7,15H,6H2. The Morgan fingerprint density at radius 3 is 2.94 bits per heavy atom. The van der Waals surface area contributed by atoms with Crippen molar-refractivity contribution in [3.05, 3.63) is 52.0 Å². The fourth-order valence-corrected chi connectivity index (χ4v) is 1.79. The summed E-state index contributed by atoms with van der Waals surface area (Å²) in [5.74, 6) is 0. The van der Waals surface area contributed by atoms with Gasteiger partial charge in [-0.2, -0.15) is 0 Å². The molecule has 2 aromatic rings. The van der Waals surface area contributed by atoms with Crippen LogP contribution in [0.4, 0.5) is 5.69 Å². The minimum atomic E-state index is 0.616. The summed E-state index contributed by atoms with van der Waals surface area (Å²) in [6.45, 7) is 0.616. The van der Waals surface area contributed by atoms with Gasteiger partial charge in [-0.05, 0) is 34.1 Å². The number of hydrogen-bond acceptors (Lipinski definition) is 3. The lowest BCUT2D eigenvalue weighted by Crippen LogP contribution is -2.02. The molecular weight excluding hydrogens is 289 g/mol. The van der Waals surface area contributed by atoms with Gasteiger partial charge in [0.15, 0.2) is 0 Å². The Balaban J connectivity index is 2.05. The average molecular weight is 299 g/mol.